The van der Waals surface area contributed by atoms with E-state index in [2.05, 4.69) is 52.5 Å². The van der Waals surface area contributed by atoms with Crippen LogP contribution in [0.25, 0.3) is 6.08 Å². The summed E-state index contributed by atoms with van der Waals surface area (Å²) < 4.78 is 0. The third-order valence-corrected chi connectivity index (χ3v) is 6.32. The van der Waals surface area contributed by atoms with Crippen LogP contribution in [-0.4, -0.2) is 35.4 Å². The van der Waals surface area contributed by atoms with Crippen molar-refractivity contribution >= 4 is 12.0 Å². The summed E-state index contributed by atoms with van der Waals surface area (Å²) in [5, 5.41) is 3.31. The van der Waals surface area contributed by atoms with Gasteiger partial charge >= 0.3 is 0 Å². The maximum absolute atomic E-state index is 12.9. The molecule has 1 aliphatic rings. The first-order chi connectivity index (χ1) is 16.2. The number of hydrogen-bond donors (Lipinski definition) is 1. The summed E-state index contributed by atoms with van der Waals surface area (Å²) in [5.74, 6) is 0.440. The van der Waals surface area contributed by atoms with Crippen molar-refractivity contribution in [2.45, 2.75) is 32.2 Å². The van der Waals surface area contributed by atoms with E-state index in [0.717, 1.165) is 43.7 Å². The molecular formula is C29H33N3O. The van der Waals surface area contributed by atoms with Gasteiger partial charge in [-0.1, -0.05) is 78.4 Å². The molecule has 1 aromatic heterocycles. The number of nitrogens with zero attached hydrogens (tertiary/aromatic N) is 2. The number of carbonyl (C=O) groups is 1. The molecule has 1 saturated heterocycles. The lowest BCUT2D eigenvalue weighted by Gasteiger charge is -2.36. The number of pyridine rings is 1. The number of benzene rings is 2. The predicted octanol–water partition coefficient (Wildman–Crippen LogP) is 5.30. The van der Waals surface area contributed by atoms with Gasteiger partial charge in [0.05, 0.1) is 18.2 Å². The molecule has 33 heavy (non-hydrogen) atoms. The monoisotopic (exact) mass is 439 g/mol. The molecule has 0 saturated carbocycles. The summed E-state index contributed by atoms with van der Waals surface area (Å²) >= 11 is 0. The smallest absolute Gasteiger partial charge is 0.224 e. The number of piperidine rings is 1. The SMILES string of the molecule is C/C(=C\c1ccccc1)CN1CCC([C@@H](NC(=O)Cc2ccccc2)c2ccccn2)CC1. The largest absolute Gasteiger partial charge is 0.347 e. The molecule has 170 valence electrons. The fourth-order valence-electron chi connectivity index (χ4n) is 4.68. The number of aromatic nitrogens is 1. The minimum Gasteiger partial charge on any atom is -0.347 e. The van der Waals surface area contributed by atoms with Crippen molar-refractivity contribution in [3.63, 3.8) is 0 Å². The Hall–Kier alpha value is -3.24. The Morgan fingerprint density at radius 2 is 1.67 bits per heavy atom. The normalized spacial score (nSPS) is 16.3. The predicted molar refractivity (Wildman–Crippen MR) is 135 cm³/mol. The molecule has 4 nitrogen and oxygen atoms in total. The van der Waals surface area contributed by atoms with Crippen molar-refractivity contribution in [1.82, 2.24) is 15.2 Å². The molecule has 4 heteroatoms. The summed E-state index contributed by atoms with van der Waals surface area (Å²) in [5.41, 5.74) is 4.61. The molecule has 0 aliphatic carbocycles. The van der Waals surface area contributed by atoms with Crippen molar-refractivity contribution in [1.29, 1.82) is 0 Å². The van der Waals surface area contributed by atoms with E-state index >= 15 is 0 Å². The lowest BCUT2D eigenvalue weighted by Crippen LogP contribution is -2.41. The molecule has 1 aliphatic heterocycles. The highest BCUT2D eigenvalue weighted by atomic mass is 16.1. The number of nitrogens with one attached hydrogen (secondary N) is 1. The van der Waals surface area contributed by atoms with Crippen LogP contribution in [0.2, 0.25) is 0 Å². The average Bonchev–Trinajstić information content (AvgIpc) is 2.85. The van der Waals surface area contributed by atoms with E-state index in [1.165, 1.54) is 11.1 Å². The molecule has 1 fully saturated rings. The Bertz CT molecular complexity index is 1030. The maximum Gasteiger partial charge on any atom is 0.224 e. The van der Waals surface area contributed by atoms with E-state index in [4.69, 9.17) is 0 Å². The lowest BCUT2D eigenvalue weighted by molar-refractivity contribution is -0.121. The summed E-state index contributed by atoms with van der Waals surface area (Å²) in [4.78, 5) is 20.0. The van der Waals surface area contributed by atoms with E-state index in [1.807, 2.05) is 60.8 Å². The minimum absolute atomic E-state index is 0.0504. The van der Waals surface area contributed by atoms with Gasteiger partial charge in [-0.05, 0) is 62.0 Å². The van der Waals surface area contributed by atoms with Crippen molar-refractivity contribution in [2.24, 2.45) is 5.92 Å². The summed E-state index contributed by atoms with van der Waals surface area (Å²) in [7, 11) is 0. The molecule has 3 aromatic rings. The molecule has 0 spiro atoms. The van der Waals surface area contributed by atoms with Crippen molar-refractivity contribution in [3.05, 3.63) is 107 Å². The Morgan fingerprint density at radius 1 is 1.00 bits per heavy atom. The van der Waals surface area contributed by atoms with Gasteiger partial charge in [0.25, 0.3) is 0 Å². The van der Waals surface area contributed by atoms with Crippen LogP contribution in [-0.2, 0) is 11.2 Å². The maximum atomic E-state index is 12.9. The Kier molecular flexibility index (Phi) is 8.04. The van der Waals surface area contributed by atoms with Crippen LogP contribution < -0.4 is 5.32 Å². The van der Waals surface area contributed by atoms with Crippen molar-refractivity contribution in [3.8, 4) is 0 Å². The molecule has 0 unspecified atom stereocenters. The number of amides is 1. The highest BCUT2D eigenvalue weighted by Crippen LogP contribution is 2.30. The number of rotatable bonds is 8. The summed E-state index contributed by atoms with van der Waals surface area (Å²) in [6.45, 7) is 5.25. The fraction of sp³-hybridized carbons (Fsp3) is 0.310. The average molecular weight is 440 g/mol. The Balaban J connectivity index is 1.37. The molecule has 1 N–H and O–H groups in total. The van der Waals surface area contributed by atoms with Crippen LogP contribution in [0.4, 0.5) is 0 Å². The molecule has 1 atom stereocenters. The van der Waals surface area contributed by atoms with Crippen LogP contribution in [0.1, 0.15) is 42.6 Å². The van der Waals surface area contributed by atoms with E-state index in [0.29, 0.717) is 12.3 Å². The zero-order chi connectivity index (χ0) is 22.9. The zero-order valence-electron chi connectivity index (χ0n) is 19.4. The first-order valence-electron chi connectivity index (χ1n) is 11.9. The first kappa shape index (κ1) is 22.9. The molecule has 1 amide bonds. The fourth-order valence-corrected chi connectivity index (χ4v) is 4.68. The van der Waals surface area contributed by atoms with Gasteiger partial charge in [-0.2, -0.15) is 0 Å². The quantitative estimate of drug-likeness (QED) is 0.518. The van der Waals surface area contributed by atoms with Crippen LogP contribution >= 0.6 is 0 Å². The number of hydrogen-bond acceptors (Lipinski definition) is 3. The first-order valence-corrected chi connectivity index (χ1v) is 11.9. The number of likely N-dealkylation sites (tertiary alicyclic amines) is 1. The van der Waals surface area contributed by atoms with Crippen LogP contribution in [0, 0.1) is 5.92 Å². The van der Waals surface area contributed by atoms with E-state index in [-0.39, 0.29) is 11.9 Å². The van der Waals surface area contributed by atoms with Gasteiger partial charge in [-0.15, -0.1) is 0 Å². The molecule has 2 aromatic carbocycles. The highest BCUT2D eigenvalue weighted by Gasteiger charge is 2.29. The number of carbonyl (C=O) groups excluding carboxylic acids is 1. The van der Waals surface area contributed by atoms with Gasteiger partial charge in [0, 0.05) is 12.7 Å². The Labute approximate surface area is 197 Å². The second-order valence-corrected chi connectivity index (χ2v) is 8.98. The van der Waals surface area contributed by atoms with E-state index in [1.54, 1.807) is 0 Å². The highest BCUT2D eigenvalue weighted by molar-refractivity contribution is 5.79. The van der Waals surface area contributed by atoms with Crippen molar-refractivity contribution < 1.29 is 4.79 Å². The third-order valence-electron chi connectivity index (χ3n) is 6.32. The van der Waals surface area contributed by atoms with Crippen LogP contribution in [0.15, 0.2) is 90.6 Å². The van der Waals surface area contributed by atoms with Gasteiger partial charge in [-0.25, -0.2) is 0 Å². The lowest BCUT2D eigenvalue weighted by atomic mass is 9.87. The Morgan fingerprint density at radius 3 is 2.33 bits per heavy atom. The molecule has 4 rings (SSSR count). The third kappa shape index (κ3) is 6.87. The van der Waals surface area contributed by atoms with Gasteiger partial charge in [0.15, 0.2) is 0 Å². The standard InChI is InChI=1S/C29H33N3O/c1-23(20-24-10-4-2-5-11-24)22-32-18-15-26(16-19-32)29(27-14-8-9-17-30-27)31-28(33)21-25-12-6-3-7-13-25/h2-14,17,20,26,29H,15-16,18-19,21-22H2,1H3,(H,31,33)/b23-20+/t29-/m1/s1. The van der Waals surface area contributed by atoms with E-state index in [9.17, 15) is 4.79 Å². The summed E-state index contributed by atoms with van der Waals surface area (Å²) in [6.07, 6.45) is 6.58. The van der Waals surface area contributed by atoms with Crippen LogP contribution in [0.3, 0.4) is 0 Å². The van der Waals surface area contributed by atoms with Gasteiger partial charge in [-0.3, -0.25) is 14.7 Å². The topological polar surface area (TPSA) is 45.2 Å². The molecule has 2 heterocycles. The second kappa shape index (κ2) is 11.6. The van der Waals surface area contributed by atoms with Gasteiger partial charge in [0.2, 0.25) is 5.91 Å². The van der Waals surface area contributed by atoms with Crippen LogP contribution in [0.5, 0.6) is 0 Å². The second-order valence-electron chi connectivity index (χ2n) is 8.98. The van der Waals surface area contributed by atoms with Crippen molar-refractivity contribution in [2.75, 3.05) is 19.6 Å². The van der Waals surface area contributed by atoms with Gasteiger partial charge in [0.1, 0.15) is 0 Å². The molecule has 0 bridgehead atoms. The molecular weight excluding hydrogens is 406 g/mol. The van der Waals surface area contributed by atoms with Gasteiger partial charge < -0.3 is 5.32 Å². The summed E-state index contributed by atoms with van der Waals surface area (Å²) in [6, 6.07) is 26.3. The zero-order valence-corrected chi connectivity index (χ0v) is 19.4. The van der Waals surface area contributed by atoms with E-state index < -0.39 is 0 Å². The molecule has 0 radical (unpaired) electrons. The minimum atomic E-state index is -0.0504.